The third-order valence-electron chi connectivity index (χ3n) is 1.99. The Kier molecular flexibility index (Phi) is 3.69. The Hall–Kier alpha value is -1.07. The Morgan fingerprint density at radius 3 is 2.65 bits per heavy atom. The maximum absolute atomic E-state index is 5.95. The van der Waals surface area contributed by atoms with E-state index >= 15 is 0 Å². The summed E-state index contributed by atoms with van der Waals surface area (Å²) in [5.74, 6) is 0.961. The predicted octanol–water partition coefficient (Wildman–Crippen LogP) is 3.70. The Bertz CT molecular complexity index is 527. The number of halogens is 1. The van der Waals surface area contributed by atoms with Crippen LogP contribution in [0.25, 0.3) is 0 Å². The van der Waals surface area contributed by atoms with Crippen LogP contribution in [0.1, 0.15) is 31.3 Å². The highest BCUT2D eigenvalue weighted by atomic mass is 35.5. The number of aryl methyl sites for hydroxylation is 1. The molecule has 0 amide bonds. The van der Waals surface area contributed by atoms with Gasteiger partial charge in [0, 0.05) is 12.0 Å². The standard InChI is InChI=1S/C11H12ClN3OS/c1-6(2)10-14-8(12)4-9(15-10)17-11-13-7(3)5-16-11/h4-6H,1-3H3. The first-order chi connectivity index (χ1) is 8.04. The lowest BCUT2D eigenvalue weighted by Gasteiger charge is -2.05. The quantitative estimate of drug-likeness (QED) is 0.795. The average molecular weight is 270 g/mol. The van der Waals surface area contributed by atoms with Crippen molar-refractivity contribution in [2.45, 2.75) is 36.9 Å². The molecule has 0 bridgehead atoms. The topological polar surface area (TPSA) is 51.8 Å². The number of nitrogens with zero attached hydrogens (tertiary/aromatic N) is 3. The minimum absolute atomic E-state index is 0.236. The van der Waals surface area contributed by atoms with Gasteiger partial charge >= 0.3 is 0 Å². The van der Waals surface area contributed by atoms with E-state index in [9.17, 15) is 0 Å². The molecule has 2 heterocycles. The molecule has 0 aliphatic rings. The molecular weight excluding hydrogens is 258 g/mol. The molecule has 0 saturated heterocycles. The Labute approximate surface area is 109 Å². The zero-order valence-corrected chi connectivity index (χ0v) is 11.3. The van der Waals surface area contributed by atoms with E-state index < -0.39 is 0 Å². The summed E-state index contributed by atoms with van der Waals surface area (Å²) in [5.41, 5.74) is 0.844. The smallest absolute Gasteiger partial charge is 0.262 e. The molecule has 2 rings (SSSR count). The zero-order chi connectivity index (χ0) is 12.4. The Morgan fingerprint density at radius 2 is 2.06 bits per heavy atom. The summed E-state index contributed by atoms with van der Waals surface area (Å²) in [6, 6.07) is 1.71. The van der Waals surface area contributed by atoms with E-state index in [2.05, 4.69) is 15.0 Å². The number of hydrogen-bond donors (Lipinski definition) is 0. The first-order valence-corrected chi connectivity index (χ1v) is 6.38. The molecule has 0 unspecified atom stereocenters. The van der Waals surface area contributed by atoms with Gasteiger partial charge in [0.15, 0.2) is 0 Å². The molecule has 0 saturated carbocycles. The Balaban J connectivity index is 2.26. The number of oxazole rings is 1. The monoisotopic (exact) mass is 269 g/mol. The van der Waals surface area contributed by atoms with Crippen LogP contribution >= 0.6 is 23.4 Å². The highest BCUT2D eigenvalue weighted by molar-refractivity contribution is 7.99. The lowest BCUT2D eigenvalue weighted by Crippen LogP contribution is -1.98. The number of hydrogen-bond acceptors (Lipinski definition) is 5. The average Bonchev–Trinajstić information content (AvgIpc) is 2.63. The predicted molar refractivity (Wildman–Crippen MR) is 66.5 cm³/mol. The van der Waals surface area contributed by atoms with Crippen LogP contribution in [0, 0.1) is 6.92 Å². The van der Waals surface area contributed by atoms with Crippen LogP contribution in [0.3, 0.4) is 0 Å². The summed E-state index contributed by atoms with van der Waals surface area (Å²) in [4.78, 5) is 12.8. The van der Waals surface area contributed by atoms with E-state index in [0.29, 0.717) is 10.4 Å². The van der Waals surface area contributed by atoms with Gasteiger partial charge in [0.25, 0.3) is 5.22 Å². The van der Waals surface area contributed by atoms with E-state index in [0.717, 1.165) is 16.5 Å². The van der Waals surface area contributed by atoms with Gasteiger partial charge in [-0.25, -0.2) is 15.0 Å². The molecule has 4 nitrogen and oxygen atoms in total. The maximum atomic E-state index is 5.95. The van der Waals surface area contributed by atoms with Gasteiger partial charge < -0.3 is 4.42 Å². The van der Waals surface area contributed by atoms with Gasteiger partial charge in [0.2, 0.25) is 0 Å². The van der Waals surface area contributed by atoms with Crippen LogP contribution in [0.15, 0.2) is 27.0 Å². The summed E-state index contributed by atoms with van der Waals surface area (Å²) in [6.07, 6.45) is 1.61. The van der Waals surface area contributed by atoms with Gasteiger partial charge in [-0.05, 0) is 18.7 Å². The van der Waals surface area contributed by atoms with Gasteiger partial charge in [-0.2, -0.15) is 0 Å². The molecule has 6 heteroatoms. The van der Waals surface area contributed by atoms with E-state index in [1.54, 1.807) is 12.3 Å². The molecule has 0 aromatic carbocycles. The molecule has 2 aromatic heterocycles. The summed E-state index contributed by atoms with van der Waals surface area (Å²) >= 11 is 7.29. The van der Waals surface area contributed by atoms with Crippen molar-refractivity contribution in [3.63, 3.8) is 0 Å². The fourth-order valence-electron chi connectivity index (χ4n) is 1.19. The van der Waals surface area contributed by atoms with Crippen molar-refractivity contribution in [3.05, 3.63) is 29.0 Å². The van der Waals surface area contributed by atoms with E-state index in [4.69, 9.17) is 16.0 Å². The van der Waals surface area contributed by atoms with Crippen molar-refractivity contribution in [1.29, 1.82) is 0 Å². The molecule has 0 fully saturated rings. The molecule has 0 aliphatic carbocycles. The molecule has 0 atom stereocenters. The van der Waals surface area contributed by atoms with Crippen LogP contribution in [-0.2, 0) is 0 Å². The zero-order valence-electron chi connectivity index (χ0n) is 9.77. The Morgan fingerprint density at radius 1 is 1.29 bits per heavy atom. The first-order valence-electron chi connectivity index (χ1n) is 5.19. The SMILES string of the molecule is Cc1coc(Sc2cc(Cl)nc(C(C)C)n2)n1. The second-order valence-corrected chi connectivity index (χ2v) is 5.26. The van der Waals surface area contributed by atoms with Crippen molar-refractivity contribution in [1.82, 2.24) is 15.0 Å². The fraction of sp³-hybridized carbons (Fsp3) is 0.364. The van der Waals surface area contributed by atoms with E-state index in [1.165, 1.54) is 11.8 Å². The number of aromatic nitrogens is 3. The van der Waals surface area contributed by atoms with Gasteiger partial charge in [-0.1, -0.05) is 25.4 Å². The molecule has 17 heavy (non-hydrogen) atoms. The molecular formula is C11H12ClN3OS. The first kappa shape index (κ1) is 12.4. The highest BCUT2D eigenvalue weighted by Gasteiger charge is 2.10. The van der Waals surface area contributed by atoms with Gasteiger partial charge in [0.05, 0.1) is 5.69 Å². The summed E-state index contributed by atoms with van der Waals surface area (Å²) in [7, 11) is 0. The van der Waals surface area contributed by atoms with E-state index in [-0.39, 0.29) is 5.92 Å². The summed E-state index contributed by atoms with van der Waals surface area (Å²) in [5, 5.41) is 1.75. The van der Waals surface area contributed by atoms with Gasteiger partial charge in [0.1, 0.15) is 22.3 Å². The van der Waals surface area contributed by atoms with Crippen molar-refractivity contribution in [2.75, 3.05) is 0 Å². The van der Waals surface area contributed by atoms with Crippen molar-refractivity contribution < 1.29 is 4.42 Å². The second-order valence-electron chi connectivity index (χ2n) is 3.90. The molecule has 2 aromatic rings. The molecule has 0 spiro atoms. The van der Waals surface area contributed by atoms with Gasteiger partial charge in [-0.3, -0.25) is 0 Å². The lowest BCUT2D eigenvalue weighted by atomic mass is 10.2. The van der Waals surface area contributed by atoms with Crippen LogP contribution in [0.2, 0.25) is 5.15 Å². The minimum Gasteiger partial charge on any atom is -0.439 e. The summed E-state index contributed by atoms with van der Waals surface area (Å²) in [6.45, 7) is 5.92. The molecule has 90 valence electrons. The minimum atomic E-state index is 0.236. The lowest BCUT2D eigenvalue weighted by molar-refractivity contribution is 0.453. The fourth-order valence-corrected chi connectivity index (χ4v) is 2.22. The maximum Gasteiger partial charge on any atom is 0.262 e. The molecule has 0 N–H and O–H groups in total. The van der Waals surface area contributed by atoms with Crippen LogP contribution in [-0.4, -0.2) is 15.0 Å². The molecule has 0 aliphatic heterocycles. The third-order valence-corrected chi connectivity index (χ3v) is 2.97. The number of rotatable bonds is 3. The summed E-state index contributed by atoms with van der Waals surface area (Å²) < 4.78 is 5.26. The highest BCUT2D eigenvalue weighted by Crippen LogP contribution is 2.27. The van der Waals surface area contributed by atoms with Crippen LogP contribution in [0.5, 0.6) is 0 Å². The largest absolute Gasteiger partial charge is 0.439 e. The van der Waals surface area contributed by atoms with Gasteiger partial charge in [-0.15, -0.1) is 0 Å². The molecule has 0 radical (unpaired) electrons. The normalized spacial score (nSPS) is 11.1. The van der Waals surface area contributed by atoms with Crippen molar-refractivity contribution >= 4 is 23.4 Å². The van der Waals surface area contributed by atoms with E-state index in [1.807, 2.05) is 20.8 Å². The van der Waals surface area contributed by atoms with Crippen LogP contribution in [0.4, 0.5) is 0 Å². The van der Waals surface area contributed by atoms with Crippen molar-refractivity contribution in [2.24, 2.45) is 0 Å². The van der Waals surface area contributed by atoms with Crippen molar-refractivity contribution in [3.8, 4) is 0 Å². The second kappa shape index (κ2) is 5.06. The van der Waals surface area contributed by atoms with Crippen LogP contribution < -0.4 is 0 Å². The third kappa shape index (κ3) is 3.20.